The molecule has 0 bridgehead atoms. The first kappa shape index (κ1) is 20.5. The van der Waals surface area contributed by atoms with Crippen molar-refractivity contribution in [1.82, 2.24) is 4.57 Å². The molecule has 0 fully saturated rings. The molecule has 0 amide bonds. The van der Waals surface area contributed by atoms with E-state index in [0.29, 0.717) is 32.6 Å². The van der Waals surface area contributed by atoms with Gasteiger partial charge >= 0.3 is 6.16 Å². The highest BCUT2D eigenvalue weighted by atomic mass is 35.5. The number of hydrogen-bond donors (Lipinski definition) is 2. The molecule has 0 saturated heterocycles. The maximum absolute atomic E-state index is 12.7. The molecule has 0 aliphatic rings. The Hall–Kier alpha value is -2.25. The summed E-state index contributed by atoms with van der Waals surface area (Å²) < 4.78 is 6.10. The second-order valence-corrected chi connectivity index (χ2v) is 7.15. The summed E-state index contributed by atoms with van der Waals surface area (Å²) >= 11 is 18.7. The zero-order chi connectivity index (χ0) is 20.4. The summed E-state index contributed by atoms with van der Waals surface area (Å²) in [6.07, 6.45) is -0.0527. The minimum atomic E-state index is -1.60. The fraction of sp³-hybridized carbons (Fsp3) is 0.158. The number of aliphatic hydroxyl groups is 1. The molecule has 1 aromatic heterocycles. The van der Waals surface area contributed by atoms with Crippen LogP contribution in [0.3, 0.4) is 0 Å². The normalized spacial score (nSPS) is 11.0. The lowest BCUT2D eigenvalue weighted by Crippen LogP contribution is -2.17. The van der Waals surface area contributed by atoms with Gasteiger partial charge in [0.25, 0.3) is 0 Å². The van der Waals surface area contributed by atoms with Crippen molar-refractivity contribution >= 4 is 51.9 Å². The first-order chi connectivity index (χ1) is 13.3. The van der Waals surface area contributed by atoms with E-state index < -0.39 is 11.6 Å². The van der Waals surface area contributed by atoms with E-state index in [0.717, 1.165) is 5.56 Å². The molecule has 3 rings (SSSR count). The predicted octanol–water partition coefficient (Wildman–Crippen LogP) is 4.60. The molecular weight excluding hydrogens is 429 g/mol. The van der Waals surface area contributed by atoms with E-state index in [-0.39, 0.29) is 24.3 Å². The highest BCUT2D eigenvalue weighted by Gasteiger charge is 2.16. The van der Waals surface area contributed by atoms with Crippen LogP contribution in [0.5, 0.6) is 5.75 Å². The van der Waals surface area contributed by atoms with Crippen LogP contribution in [0.25, 0.3) is 10.9 Å². The molecule has 0 unspecified atom stereocenters. The molecule has 2 aromatic carbocycles. The van der Waals surface area contributed by atoms with Crippen molar-refractivity contribution in [2.75, 3.05) is 6.61 Å². The third kappa shape index (κ3) is 4.10. The number of carboxylic acid groups (broad SMARTS) is 1. The Bertz CT molecular complexity index is 1130. The molecule has 0 atom stereocenters. The summed E-state index contributed by atoms with van der Waals surface area (Å²) in [6, 6.07) is 8.37. The van der Waals surface area contributed by atoms with Gasteiger partial charge in [-0.25, -0.2) is 4.79 Å². The van der Waals surface area contributed by atoms with Crippen molar-refractivity contribution in [2.24, 2.45) is 0 Å². The maximum atomic E-state index is 12.7. The van der Waals surface area contributed by atoms with Gasteiger partial charge in [0.05, 0.1) is 28.4 Å². The number of fused-ring (bicyclic) bond motifs is 1. The van der Waals surface area contributed by atoms with Crippen LogP contribution in [0.1, 0.15) is 11.1 Å². The molecule has 0 aliphatic heterocycles. The van der Waals surface area contributed by atoms with Gasteiger partial charge in [-0.1, -0.05) is 46.9 Å². The number of benzene rings is 2. The highest BCUT2D eigenvalue weighted by Crippen LogP contribution is 2.31. The molecule has 6 nitrogen and oxygen atoms in total. The van der Waals surface area contributed by atoms with Gasteiger partial charge in [0.2, 0.25) is 5.43 Å². The smallest absolute Gasteiger partial charge is 0.449 e. The summed E-state index contributed by atoms with van der Waals surface area (Å²) in [4.78, 5) is 23.6. The Balaban J connectivity index is 2.19. The molecule has 0 spiro atoms. The summed E-state index contributed by atoms with van der Waals surface area (Å²) in [6.45, 7) is -0.0927. The Morgan fingerprint density at radius 3 is 2.54 bits per heavy atom. The Morgan fingerprint density at radius 1 is 1.11 bits per heavy atom. The SMILES string of the molecule is O=C(O)Oc1cn(CCO)c2cc(Cl)c(Cc3cccc(Cl)c3Cl)cc2c1=O. The number of pyridine rings is 1. The highest BCUT2D eigenvalue weighted by molar-refractivity contribution is 6.42. The van der Waals surface area contributed by atoms with Gasteiger partial charge in [-0.05, 0) is 29.3 Å². The minimum Gasteiger partial charge on any atom is -0.449 e. The van der Waals surface area contributed by atoms with E-state index >= 15 is 0 Å². The quantitative estimate of drug-likeness (QED) is 0.564. The largest absolute Gasteiger partial charge is 0.511 e. The van der Waals surface area contributed by atoms with E-state index in [1.165, 1.54) is 10.8 Å². The lowest BCUT2D eigenvalue weighted by Gasteiger charge is -2.14. The fourth-order valence-corrected chi connectivity index (χ4v) is 3.53. The first-order valence-corrected chi connectivity index (χ1v) is 9.25. The molecular formula is C19H14Cl3NO5. The van der Waals surface area contributed by atoms with Crippen molar-refractivity contribution in [3.63, 3.8) is 0 Å². The molecule has 2 N–H and O–H groups in total. The predicted molar refractivity (Wildman–Crippen MR) is 108 cm³/mol. The van der Waals surface area contributed by atoms with Gasteiger partial charge in [-0.15, -0.1) is 0 Å². The standard InChI is InChI=1S/C19H14Cl3NO5/c20-13-3-1-2-10(17(13)22)6-11-7-12-15(8-14(11)21)23(4-5-24)9-16(18(12)25)28-19(26)27/h1-3,7-9,24H,4-6H2,(H,26,27). The molecule has 9 heteroatoms. The lowest BCUT2D eigenvalue weighted by atomic mass is 10.0. The number of nitrogens with zero attached hydrogens (tertiary/aromatic N) is 1. The third-order valence-electron chi connectivity index (χ3n) is 4.17. The molecule has 28 heavy (non-hydrogen) atoms. The summed E-state index contributed by atoms with van der Waals surface area (Å²) in [7, 11) is 0. The molecule has 146 valence electrons. The Labute approximate surface area is 174 Å². The minimum absolute atomic E-state index is 0.128. The van der Waals surface area contributed by atoms with Crippen LogP contribution in [-0.4, -0.2) is 27.5 Å². The van der Waals surface area contributed by atoms with Gasteiger partial charge in [-0.2, -0.15) is 0 Å². The van der Waals surface area contributed by atoms with Crippen molar-refractivity contribution in [3.8, 4) is 5.75 Å². The van der Waals surface area contributed by atoms with Gasteiger partial charge < -0.3 is 19.5 Å². The maximum Gasteiger partial charge on any atom is 0.511 e. The topological polar surface area (TPSA) is 88.8 Å². The number of ether oxygens (including phenoxy) is 1. The third-order valence-corrected chi connectivity index (χ3v) is 5.38. The molecule has 0 radical (unpaired) electrons. The summed E-state index contributed by atoms with van der Waals surface area (Å²) in [5.41, 5.74) is 1.19. The van der Waals surface area contributed by atoms with Crippen molar-refractivity contribution in [3.05, 3.63) is 72.9 Å². The van der Waals surface area contributed by atoms with Crippen molar-refractivity contribution < 1.29 is 19.7 Å². The average molecular weight is 443 g/mol. The zero-order valence-corrected chi connectivity index (χ0v) is 16.6. The average Bonchev–Trinajstić information content (AvgIpc) is 2.63. The number of aromatic nitrogens is 1. The summed E-state index contributed by atoms with van der Waals surface area (Å²) in [5.74, 6) is -0.359. The second kappa shape index (κ2) is 8.41. The van der Waals surface area contributed by atoms with Crippen LogP contribution in [0.2, 0.25) is 15.1 Å². The number of rotatable bonds is 5. The van der Waals surface area contributed by atoms with E-state index in [1.807, 2.05) is 0 Å². The van der Waals surface area contributed by atoms with Crippen LogP contribution < -0.4 is 10.2 Å². The van der Waals surface area contributed by atoms with Crippen molar-refractivity contribution in [1.29, 1.82) is 0 Å². The second-order valence-electron chi connectivity index (χ2n) is 5.96. The molecule has 0 saturated carbocycles. The monoisotopic (exact) mass is 441 g/mol. The van der Waals surface area contributed by atoms with Crippen LogP contribution in [0.15, 0.2) is 41.3 Å². The van der Waals surface area contributed by atoms with Gasteiger partial charge in [0.15, 0.2) is 5.75 Å². The van der Waals surface area contributed by atoms with E-state index in [4.69, 9.17) is 39.9 Å². The zero-order valence-electron chi connectivity index (χ0n) is 14.3. The van der Waals surface area contributed by atoms with Crippen LogP contribution >= 0.6 is 34.8 Å². The van der Waals surface area contributed by atoms with Gasteiger partial charge in [0, 0.05) is 23.4 Å². The number of aliphatic hydroxyl groups excluding tert-OH is 1. The lowest BCUT2D eigenvalue weighted by molar-refractivity contribution is 0.143. The van der Waals surface area contributed by atoms with Crippen molar-refractivity contribution in [2.45, 2.75) is 13.0 Å². The van der Waals surface area contributed by atoms with Gasteiger partial charge in [-0.3, -0.25) is 4.79 Å². The van der Waals surface area contributed by atoms with E-state index in [2.05, 4.69) is 4.74 Å². The van der Waals surface area contributed by atoms with Crippen LogP contribution in [0.4, 0.5) is 4.79 Å². The Kier molecular flexibility index (Phi) is 6.15. The summed E-state index contributed by atoms with van der Waals surface area (Å²) in [5, 5.41) is 19.5. The van der Waals surface area contributed by atoms with Crippen LogP contribution in [-0.2, 0) is 13.0 Å². The number of halogens is 3. The Morgan fingerprint density at radius 2 is 1.86 bits per heavy atom. The molecule has 1 heterocycles. The number of hydrogen-bond acceptors (Lipinski definition) is 4. The van der Waals surface area contributed by atoms with E-state index in [1.54, 1.807) is 30.3 Å². The van der Waals surface area contributed by atoms with Gasteiger partial charge in [0.1, 0.15) is 0 Å². The van der Waals surface area contributed by atoms with E-state index in [9.17, 15) is 14.7 Å². The fourth-order valence-electron chi connectivity index (χ4n) is 2.91. The van der Waals surface area contributed by atoms with Crippen LogP contribution in [0, 0.1) is 0 Å². The first-order valence-electron chi connectivity index (χ1n) is 8.12. The number of carbonyl (C=O) groups is 1. The molecule has 0 aliphatic carbocycles. The molecule has 3 aromatic rings.